The number of ether oxygens (including phenoxy) is 1. The van der Waals surface area contributed by atoms with Crippen LogP contribution in [0.15, 0.2) is 30.3 Å². The van der Waals surface area contributed by atoms with Crippen molar-refractivity contribution in [1.82, 2.24) is 10.6 Å². The van der Waals surface area contributed by atoms with Crippen LogP contribution in [0.1, 0.15) is 12.0 Å². The van der Waals surface area contributed by atoms with E-state index >= 15 is 0 Å². The van der Waals surface area contributed by atoms with Crippen LogP contribution in [0.2, 0.25) is 0 Å². The van der Waals surface area contributed by atoms with Crippen molar-refractivity contribution in [2.75, 3.05) is 13.2 Å². The van der Waals surface area contributed by atoms with Gasteiger partial charge in [0.2, 0.25) is 0 Å². The predicted molar refractivity (Wildman–Crippen MR) is 72.5 cm³/mol. The number of nitrogens with one attached hydrogen (secondary N) is 2. The van der Waals surface area contributed by atoms with Gasteiger partial charge in [0.15, 0.2) is 0 Å². The lowest BCUT2D eigenvalue weighted by molar-refractivity contribution is -0.139. The van der Waals surface area contributed by atoms with Gasteiger partial charge < -0.3 is 20.5 Å². The largest absolute Gasteiger partial charge is 0.480 e. The second-order valence-corrected chi connectivity index (χ2v) is 4.76. The third-order valence-corrected chi connectivity index (χ3v) is 3.15. The maximum atomic E-state index is 11.8. The highest BCUT2D eigenvalue weighted by Gasteiger charge is 2.23. The average Bonchev–Trinajstić information content (AvgIpc) is 2.92. The number of amides is 2. The Morgan fingerprint density at radius 1 is 1.35 bits per heavy atom. The van der Waals surface area contributed by atoms with E-state index in [1.165, 1.54) is 0 Å². The average molecular weight is 278 g/mol. The lowest BCUT2D eigenvalue weighted by Crippen LogP contribution is -2.50. The first-order chi connectivity index (χ1) is 9.65. The Morgan fingerprint density at radius 2 is 2.10 bits per heavy atom. The summed E-state index contributed by atoms with van der Waals surface area (Å²) in [4.78, 5) is 23.0. The normalized spacial score (nSPS) is 19.3. The number of carbonyl (C=O) groups excluding carboxylic acids is 1. The number of carbonyl (C=O) groups is 2. The summed E-state index contributed by atoms with van der Waals surface area (Å²) in [6.07, 6.45) is 1.01. The maximum Gasteiger partial charge on any atom is 0.326 e. The van der Waals surface area contributed by atoms with Crippen molar-refractivity contribution in [2.24, 2.45) is 0 Å². The van der Waals surface area contributed by atoms with E-state index in [1.807, 2.05) is 30.3 Å². The maximum absolute atomic E-state index is 11.8. The number of hydrogen-bond acceptors (Lipinski definition) is 3. The van der Waals surface area contributed by atoms with E-state index in [0.717, 1.165) is 12.0 Å². The Hall–Kier alpha value is -2.08. The highest BCUT2D eigenvalue weighted by Crippen LogP contribution is 2.05. The second-order valence-electron chi connectivity index (χ2n) is 4.76. The number of carboxylic acid groups (broad SMARTS) is 1. The van der Waals surface area contributed by atoms with Crippen LogP contribution in [-0.4, -0.2) is 42.4 Å². The summed E-state index contributed by atoms with van der Waals surface area (Å²) in [6.45, 7) is 1.10. The standard InChI is InChI=1S/C14H18N2O4/c17-13(18)12(8-10-4-2-1-3-5-10)16-14(19)15-11-6-7-20-9-11/h1-5,11-12H,6-9H2,(H,17,18)(H2,15,16,19). The minimum atomic E-state index is -1.05. The van der Waals surface area contributed by atoms with Gasteiger partial charge in [0.05, 0.1) is 12.6 Å². The number of rotatable bonds is 5. The molecule has 0 radical (unpaired) electrons. The van der Waals surface area contributed by atoms with Crippen LogP contribution >= 0.6 is 0 Å². The molecule has 2 unspecified atom stereocenters. The predicted octanol–water partition coefficient (Wildman–Crippen LogP) is 0.770. The van der Waals surface area contributed by atoms with Crippen LogP contribution in [0.25, 0.3) is 0 Å². The summed E-state index contributed by atoms with van der Waals surface area (Å²) in [5.41, 5.74) is 0.865. The highest BCUT2D eigenvalue weighted by molar-refractivity contribution is 5.82. The molecule has 1 aromatic carbocycles. The molecule has 0 spiro atoms. The summed E-state index contributed by atoms with van der Waals surface area (Å²) in [6, 6.07) is 7.75. The summed E-state index contributed by atoms with van der Waals surface area (Å²) >= 11 is 0. The molecule has 2 amide bonds. The van der Waals surface area contributed by atoms with Crippen molar-refractivity contribution in [3.8, 4) is 0 Å². The van der Waals surface area contributed by atoms with Crippen molar-refractivity contribution >= 4 is 12.0 Å². The minimum absolute atomic E-state index is 0.0406. The molecule has 1 aromatic rings. The second kappa shape index (κ2) is 6.91. The summed E-state index contributed by atoms with van der Waals surface area (Å²) in [5, 5.41) is 14.4. The monoisotopic (exact) mass is 278 g/mol. The molecule has 0 bridgehead atoms. The number of hydrogen-bond donors (Lipinski definition) is 3. The van der Waals surface area contributed by atoms with E-state index in [0.29, 0.717) is 13.2 Å². The number of aliphatic carboxylic acids is 1. The van der Waals surface area contributed by atoms with E-state index in [-0.39, 0.29) is 12.5 Å². The summed E-state index contributed by atoms with van der Waals surface area (Å²) in [5.74, 6) is -1.05. The molecule has 0 saturated carbocycles. The van der Waals surface area contributed by atoms with E-state index < -0.39 is 18.0 Å². The van der Waals surface area contributed by atoms with Crippen LogP contribution < -0.4 is 10.6 Å². The smallest absolute Gasteiger partial charge is 0.326 e. The van der Waals surface area contributed by atoms with Gasteiger partial charge in [-0.25, -0.2) is 9.59 Å². The third-order valence-electron chi connectivity index (χ3n) is 3.15. The van der Waals surface area contributed by atoms with Crippen LogP contribution in [0, 0.1) is 0 Å². The zero-order valence-electron chi connectivity index (χ0n) is 11.0. The van der Waals surface area contributed by atoms with Gasteiger partial charge in [-0.05, 0) is 12.0 Å². The topological polar surface area (TPSA) is 87.7 Å². The molecule has 108 valence electrons. The third kappa shape index (κ3) is 4.24. The van der Waals surface area contributed by atoms with E-state index in [9.17, 15) is 14.7 Å². The van der Waals surface area contributed by atoms with Crippen LogP contribution in [0.4, 0.5) is 4.79 Å². The fourth-order valence-electron chi connectivity index (χ4n) is 2.08. The first kappa shape index (κ1) is 14.3. The van der Waals surface area contributed by atoms with Crippen molar-refractivity contribution in [2.45, 2.75) is 24.9 Å². The van der Waals surface area contributed by atoms with Gasteiger partial charge in [0.1, 0.15) is 6.04 Å². The Bertz CT molecular complexity index is 458. The summed E-state index contributed by atoms with van der Waals surface area (Å²) in [7, 11) is 0. The summed E-state index contributed by atoms with van der Waals surface area (Å²) < 4.78 is 5.15. The van der Waals surface area contributed by atoms with Gasteiger partial charge in [0, 0.05) is 13.0 Å². The van der Waals surface area contributed by atoms with E-state index in [4.69, 9.17) is 4.74 Å². The molecule has 2 rings (SSSR count). The van der Waals surface area contributed by atoms with Gasteiger partial charge in [-0.1, -0.05) is 30.3 Å². The zero-order valence-corrected chi connectivity index (χ0v) is 11.0. The molecule has 1 aliphatic heterocycles. The molecule has 6 heteroatoms. The van der Waals surface area contributed by atoms with E-state index in [2.05, 4.69) is 10.6 Å². The molecule has 1 heterocycles. The fourth-order valence-corrected chi connectivity index (χ4v) is 2.08. The molecule has 0 aliphatic carbocycles. The van der Waals surface area contributed by atoms with Crippen molar-refractivity contribution in [3.05, 3.63) is 35.9 Å². The quantitative estimate of drug-likeness (QED) is 0.742. The van der Waals surface area contributed by atoms with E-state index in [1.54, 1.807) is 0 Å². The lowest BCUT2D eigenvalue weighted by Gasteiger charge is -2.17. The Balaban J connectivity index is 1.88. The molecule has 1 aliphatic rings. The molecule has 1 saturated heterocycles. The molecular weight excluding hydrogens is 260 g/mol. The molecule has 20 heavy (non-hydrogen) atoms. The molecule has 1 fully saturated rings. The Labute approximate surface area is 117 Å². The van der Waals surface area contributed by atoms with Crippen LogP contribution in [-0.2, 0) is 16.0 Å². The SMILES string of the molecule is O=C(NC1CCOC1)NC(Cc1ccccc1)C(=O)O. The van der Waals surface area contributed by atoms with Gasteiger partial charge in [0.25, 0.3) is 0 Å². The van der Waals surface area contributed by atoms with Crippen molar-refractivity contribution in [3.63, 3.8) is 0 Å². The number of urea groups is 1. The first-order valence-corrected chi connectivity index (χ1v) is 6.56. The van der Waals surface area contributed by atoms with Gasteiger partial charge in [-0.15, -0.1) is 0 Å². The molecule has 3 N–H and O–H groups in total. The molecule has 0 aromatic heterocycles. The van der Waals surface area contributed by atoms with Crippen molar-refractivity contribution < 1.29 is 19.4 Å². The Kier molecular flexibility index (Phi) is 4.95. The van der Waals surface area contributed by atoms with Gasteiger partial charge in [-0.2, -0.15) is 0 Å². The Morgan fingerprint density at radius 3 is 2.70 bits per heavy atom. The molecule has 2 atom stereocenters. The lowest BCUT2D eigenvalue weighted by atomic mass is 10.1. The molecular formula is C14H18N2O4. The number of benzene rings is 1. The minimum Gasteiger partial charge on any atom is -0.480 e. The van der Waals surface area contributed by atoms with Crippen molar-refractivity contribution in [1.29, 1.82) is 0 Å². The van der Waals surface area contributed by atoms with Crippen LogP contribution in [0.5, 0.6) is 0 Å². The highest BCUT2D eigenvalue weighted by atomic mass is 16.5. The fraction of sp³-hybridized carbons (Fsp3) is 0.429. The van der Waals surface area contributed by atoms with Gasteiger partial charge >= 0.3 is 12.0 Å². The number of carboxylic acids is 1. The molecule has 6 nitrogen and oxygen atoms in total. The van der Waals surface area contributed by atoms with Crippen LogP contribution in [0.3, 0.4) is 0 Å². The zero-order chi connectivity index (χ0) is 14.4. The first-order valence-electron chi connectivity index (χ1n) is 6.56. The van der Waals surface area contributed by atoms with Gasteiger partial charge in [-0.3, -0.25) is 0 Å².